The van der Waals surface area contributed by atoms with Gasteiger partial charge >= 0.3 is 57.4 Å². The number of carboxylic acid groups (broad SMARTS) is 1. The normalized spacial score (nSPS) is 20.8. The second kappa shape index (κ2) is 5.67. The molecule has 11 heavy (non-hydrogen) atoms. The number of nitrogens with zero attached hydrogens (tertiary/aromatic N) is 1. The van der Waals surface area contributed by atoms with Crippen LogP contribution >= 0.6 is 0 Å². The minimum atomic E-state index is -0.631. The molecule has 1 saturated heterocycles. The summed E-state index contributed by atoms with van der Waals surface area (Å²) < 4.78 is 0. The summed E-state index contributed by atoms with van der Waals surface area (Å²) in [5.74, 6) is -0.718. The quantitative estimate of drug-likeness (QED) is 0.571. The molecule has 0 spiro atoms. The van der Waals surface area contributed by atoms with Crippen LogP contribution in [-0.2, 0) is 4.79 Å². The molecule has 0 atom stereocenters. The molecular formula is C7H14KNO2. The fraction of sp³-hybridized carbons (Fsp3) is 0.857. The Morgan fingerprint density at radius 3 is 2.27 bits per heavy atom. The first-order valence-electron chi connectivity index (χ1n) is 3.61. The van der Waals surface area contributed by atoms with Crippen molar-refractivity contribution in [3.63, 3.8) is 0 Å². The van der Waals surface area contributed by atoms with Gasteiger partial charge in [0.25, 0.3) is 0 Å². The molecule has 0 aromatic heterocycles. The molecule has 4 heteroatoms. The molecule has 1 fully saturated rings. The number of carbonyl (C=O) groups is 1. The van der Waals surface area contributed by atoms with Crippen molar-refractivity contribution in [1.29, 1.82) is 0 Å². The number of carboxylic acids is 1. The molecule has 0 aromatic carbocycles. The Morgan fingerprint density at radius 1 is 1.45 bits per heavy atom. The molecule has 0 bridgehead atoms. The summed E-state index contributed by atoms with van der Waals surface area (Å²) in [5, 5.41) is 8.61. The average molecular weight is 183 g/mol. The summed E-state index contributed by atoms with van der Waals surface area (Å²) in [6.45, 7) is 1.86. The van der Waals surface area contributed by atoms with E-state index in [1.54, 1.807) is 0 Å². The van der Waals surface area contributed by atoms with E-state index in [4.69, 9.17) is 5.11 Å². The molecule has 1 N–H and O–H groups in total. The van der Waals surface area contributed by atoms with Crippen LogP contribution in [0.3, 0.4) is 0 Å². The van der Waals surface area contributed by atoms with Crippen molar-refractivity contribution in [3.05, 3.63) is 0 Å². The SMILES string of the molecule is CN1CCC(C(=O)O)CC1.[KH]. The summed E-state index contributed by atoms with van der Waals surface area (Å²) in [6, 6.07) is 0. The first-order valence-corrected chi connectivity index (χ1v) is 3.61. The van der Waals surface area contributed by atoms with E-state index >= 15 is 0 Å². The van der Waals surface area contributed by atoms with Crippen LogP contribution in [0.1, 0.15) is 12.8 Å². The van der Waals surface area contributed by atoms with Gasteiger partial charge in [-0.1, -0.05) is 0 Å². The van der Waals surface area contributed by atoms with Crippen molar-refractivity contribution in [2.45, 2.75) is 12.8 Å². The van der Waals surface area contributed by atoms with Gasteiger partial charge in [0.05, 0.1) is 5.92 Å². The van der Waals surface area contributed by atoms with Gasteiger partial charge in [-0.05, 0) is 33.0 Å². The Morgan fingerprint density at radius 2 is 1.91 bits per heavy atom. The van der Waals surface area contributed by atoms with E-state index in [1.807, 2.05) is 7.05 Å². The Hall–Kier alpha value is 1.07. The molecule has 1 heterocycles. The zero-order valence-electron chi connectivity index (χ0n) is 6.21. The molecule has 0 radical (unpaired) electrons. The van der Waals surface area contributed by atoms with Gasteiger partial charge in [-0.25, -0.2) is 0 Å². The number of hydrogen-bond acceptors (Lipinski definition) is 2. The molecule has 3 nitrogen and oxygen atoms in total. The summed E-state index contributed by atoms with van der Waals surface area (Å²) >= 11 is 0. The van der Waals surface area contributed by atoms with Gasteiger partial charge in [-0.15, -0.1) is 0 Å². The predicted octanol–water partition coefficient (Wildman–Crippen LogP) is -0.236. The Bertz CT molecular complexity index is 132. The molecule has 0 unspecified atom stereocenters. The van der Waals surface area contributed by atoms with Crippen molar-refractivity contribution in [2.75, 3.05) is 20.1 Å². The van der Waals surface area contributed by atoms with Crippen LogP contribution in [-0.4, -0.2) is 87.5 Å². The van der Waals surface area contributed by atoms with E-state index in [0.29, 0.717) is 0 Å². The standard InChI is InChI=1S/C7H13NO2.K.H/c1-8-4-2-6(3-5-8)7(9)10;;/h6H,2-5H2,1H3,(H,9,10);;. The fourth-order valence-electron chi connectivity index (χ4n) is 1.26. The zero-order valence-corrected chi connectivity index (χ0v) is 6.21. The van der Waals surface area contributed by atoms with Crippen LogP contribution in [0, 0.1) is 5.92 Å². The first-order chi connectivity index (χ1) is 4.70. The molecule has 0 aromatic rings. The van der Waals surface area contributed by atoms with Crippen LogP contribution in [0.2, 0.25) is 0 Å². The molecule has 1 rings (SSSR count). The predicted molar refractivity (Wildman–Crippen MR) is 45.0 cm³/mol. The Balaban J connectivity index is 0.000001000. The van der Waals surface area contributed by atoms with Crippen LogP contribution < -0.4 is 0 Å². The summed E-state index contributed by atoms with van der Waals surface area (Å²) in [4.78, 5) is 12.6. The van der Waals surface area contributed by atoms with Crippen LogP contribution in [0.25, 0.3) is 0 Å². The third-order valence-electron chi connectivity index (χ3n) is 2.07. The van der Waals surface area contributed by atoms with Gasteiger partial charge in [0, 0.05) is 0 Å². The maximum atomic E-state index is 10.4. The summed E-state index contributed by atoms with van der Waals surface area (Å²) in [7, 11) is 2.03. The molecule has 0 aliphatic carbocycles. The Labute approximate surface area is 110 Å². The second-order valence-corrected chi connectivity index (χ2v) is 2.92. The summed E-state index contributed by atoms with van der Waals surface area (Å²) in [5.41, 5.74) is 0. The summed E-state index contributed by atoms with van der Waals surface area (Å²) in [6.07, 6.45) is 1.62. The van der Waals surface area contributed by atoms with Crippen LogP contribution in [0.4, 0.5) is 0 Å². The molecule has 60 valence electrons. The molecule has 0 amide bonds. The third kappa shape index (κ3) is 4.01. The van der Waals surface area contributed by atoms with E-state index in [1.165, 1.54) is 0 Å². The van der Waals surface area contributed by atoms with Gasteiger partial charge in [-0.3, -0.25) is 4.79 Å². The van der Waals surface area contributed by atoms with Crippen molar-refractivity contribution in [3.8, 4) is 0 Å². The van der Waals surface area contributed by atoms with Gasteiger partial charge in [0.15, 0.2) is 0 Å². The van der Waals surface area contributed by atoms with E-state index in [9.17, 15) is 4.79 Å². The number of rotatable bonds is 1. The maximum absolute atomic E-state index is 10.4. The van der Waals surface area contributed by atoms with Gasteiger partial charge in [0.1, 0.15) is 0 Å². The van der Waals surface area contributed by atoms with Gasteiger partial charge in [-0.2, -0.15) is 0 Å². The fourth-order valence-corrected chi connectivity index (χ4v) is 1.26. The van der Waals surface area contributed by atoms with E-state index in [-0.39, 0.29) is 57.3 Å². The molecule has 0 saturated carbocycles. The number of likely N-dealkylation sites (tertiary alicyclic amines) is 1. The zero-order chi connectivity index (χ0) is 7.56. The number of piperidine rings is 1. The van der Waals surface area contributed by atoms with Crippen molar-refractivity contribution >= 4 is 57.4 Å². The topological polar surface area (TPSA) is 40.5 Å². The number of aliphatic carboxylic acids is 1. The minimum absolute atomic E-state index is 0. The van der Waals surface area contributed by atoms with E-state index < -0.39 is 5.97 Å². The molecule has 1 aliphatic heterocycles. The monoisotopic (exact) mass is 183 g/mol. The van der Waals surface area contributed by atoms with Crippen molar-refractivity contribution < 1.29 is 9.90 Å². The number of hydrogen-bond donors (Lipinski definition) is 1. The van der Waals surface area contributed by atoms with Crippen LogP contribution in [0.5, 0.6) is 0 Å². The molecule has 1 aliphatic rings. The van der Waals surface area contributed by atoms with Crippen LogP contribution in [0.15, 0.2) is 0 Å². The van der Waals surface area contributed by atoms with Crippen molar-refractivity contribution in [1.82, 2.24) is 4.90 Å². The second-order valence-electron chi connectivity index (χ2n) is 2.92. The van der Waals surface area contributed by atoms with E-state index in [0.717, 1.165) is 25.9 Å². The first kappa shape index (κ1) is 12.1. The molecular weight excluding hydrogens is 169 g/mol. The van der Waals surface area contributed by atoms with Crippen molar-refractivity contribution in [2.24, 2.45) is 5.92 Å². The van der Waals surface area contributed by atoms with Gasteiger partial charge < -0.3 is 10.0 Å². The average Bonchev–Trinajstić information content (AvgIpc) is 1.88. The Kier molecular flexibility index (Phi) is 6.22. The van der Waals surface area contributed by atoms with Gasteiger partial charge in [0.2, 0.25) is 0 Å². The van der Waals surface area contributed by atoms with E-state index in [2.05, 4.69) is 4.90 Å². The third-order valence-corrected chi connectivity index (χ3v) is 2.07.